The van der Waals surface area contributed by atoms with Gasteiger partial charge in [0.15, 0.2) is 0 Å². The molecule has 0 amide bonds. The second kappa shape index (κ2) is 7.12. The van der Waals surface area contributed by atoms with E-state index in [0.29, 0.717) is 0 Å². The quantitative estimate of drug-likeness (QED) is 0.382. The Morgan fingerprint density at radius 3 is 0.900 bits per heavy atom. The summed E-state index contributed by atoms with van der Waals surface area (Å²) in [5, 5.41) is 0. The molecule has 0 unspecified atom stereocenters. The van der Waals surface area contributed by atoms with E-state index < -0.39 is 41.5 Å². The molecule has 0 spiro atoms. The molecule has 0 rings (SSSR count). The van der Waals surface area contributed by atoms with Gasteiger partial charge in [-0.05, 0) is 0 Å². The Morgan fingerprint density at radius 2 is 0.750 bits per heavy atom. The molecule has 5 heteroatoms. The SMILES string of the molecule is C[Si](C)(C)C#[C][Sn]([Cl])([C]#C[Si](C)(C)C)[C]#C[Si](C)(C)C. The van der Waals surface area contributed by atoms with E-state index in [9.17, 15) is 0 Å². The molecule has 0 N–H and O–H groups in total. The molecule has 0 atom stereocenters. The van der Waals surface area contributed by atoms with Crippen molar-refractivity contribution in [3.05, 3.63) is 0 Å². The van der Waals surface area contributed by atoms with Crippen LogP contribution in [0, 0.1) is 28.4 Å². The molecule has 0 aliphatic rings. The first-order valence-corrected chi connectivity index (χ1v) is 25.3. The number of hydrogen-bond donors (Lipinski definition) is 0. The Bertz CT molecular complexity index is 450. The van der Waals surface area contributed by atoms with E-state index >= 15 is 0 Å². The van der Waals surface area contributed by atoms with Crippen molar-refractivity contribution in [1.29, 1.82) is 0 Å². The second-order valence-corrected chi connectivity index (χ2v) is 32.1. The van der Waals surface area contributed by atoms with E-state index in [1.807, 2.05) is 0 Å². The molecular formula is C15H27ClSi3Sn. The van der Waals surface area contributed by atoms with Crippen molar-refractivity contribution in [3.8, 4) is 28.4 Å². The Kier molecular flexibility index (Phi) is 7.27. The molecule has 0 aromatic carbocycles. The van der Waals surface area contributed by atoms with Crippen molar-refractivity contribution in [2.45, 2.75) is 58.9 Å². The van der Waals surface area contributed by atoms with Gasteiger partial charge >= 0.3 is 138 Å². The molecule has 0 radical (unpaired) electrons. The van der Waals surface area contributed by atoms with Crippen molar-refractivity contribution in [3.63, 3.8) is 0 Å². The molecule has 0 aromatic heterocycles. The van der Waals surface area contributed by atoms with Gasteiger partial charge in [-0.3, -0.25) is 0 Å². The summed E-state index contributed by atoms with van der Waals surface area (Å²) in [6, 6.07) is 0. The van der Waals surface area contributed by atoms with Crippen LogP contribution in [-0.4, -0.2) is 41.5 Å². The molecule has 0 aliphatic heterocycles. The third-order valence-electron chi connectivity index (χ3n) is 1.83. The first kappa shape index (κ1) is 20.4. The summed E-state index contributed by atoms with van der Waals surface area (Å²) in [4.78, 5) is 0. The molecule has 0 saturated heterocycles. The zero-order valence-electron chi connectivity index (χ0n) is 14.4. The van der Waals surface area contributed by atoms with Crippen LogP contribution in [0.4, 0.5) is 0 Å². The Morgan fingerprint density at radius 1 is 0.550 bits per heavy atom. The topological polar surface area (TPSA) is 0 Å². The van der Waals surface area contributed by atoms with Crippen LogP contribution in [0.3, 0.4) is 0 Å². The summed E-state index contributed by atoms with van der Waals surface area (Å²) in [6.45, 7) is 20.1. The molecular weight excluding hydrogens is 419 g/mol. The predicted octanol–water partition coefficient (Wildman–Crippen LogP) is 4.43. The summed E-state index contributed by atoms with van der Waals surface area (Å²) in [5.74, 6) is 0. The van der Waals surface area contributed by atoms with E-state index in [2.05, 4.69) is 87.4 Å². The summed E-state index contributed by atoms with van der Waals surface area (Å²) in [7, 11) is 2.54. The van der Waals surface area contributed by atoms with Crippen molar-refractivity contribution in [1.82, 2.24) is 0 Å². The van der Waals surface area contributed by atoms with Crippen LogP contribution in [0.2, 0.25) is 58.9 Å². The van der Waals surface area contributed by atoms with Gasteiger partial charge in [0, 0.05) is 0 Å². The third-order valence-corrected chi connectivity index (χ3v) is 12.5. The first-order valence-electron chi connectivity index (χ1n) is 6.94. The van der Waals surface area contributed by atoms with E-state index in [1.54, 1.807) is 0 Å². The maximum absolute atomic E-state index is 6.81. The summed E-state index contributed by atoms with van der Waals surface area (Å²) >= 11 is -3.41. The Hall–Kier alpha value is 0.419. The molecule has 0 saturated carbocycles. The average molecular weight is 446 g/mol. The fourth-order valence-corrected chi connectivity index (χ4v) is 20.0. The van der Waals surface area contributed by atoms with Crippen LogP contribution in [-0.2, 0) is 0 Å². The second-order valence-electron chi connectivity index (χ2n) is 8.16. The van der Waals surface area contributed by atoms with Crippen molar-refractivity contribution < 1.29 is 0 Å². The van der Waals surface area contributed by atoms with Gasteiger partial charge in [0.05, 0.1) is 0 Å². The van der Waals surface area contributed by atoms with Crippen LogP contribution < -0.4 is 0 Å². The van der Waals surface area contributed by atoms with Gasteiger partial charge < -0.3 is 0 Å². The molecule has 20 heavy (non-hydrogen) atoms. The molecule has 110 valence electrons. The zero-order valence-corrected chi connectivity index (χ0v) is 21.0. The van der Waals surface area contributed by atoms with E-state index in [0.717, 1.165) is 0 Å². The number of rotatable bonds is 0. The number of halogens is 1. The molecule has 0 fully saturated rings. The predicted molar refractivity (Wildman–Crippen MR) is 105 cm³/mol. The molecule has 0 heterocycles. The summed E-state index contributed by atoms with van der Waals surface area (Å²) in [5.41, 5.74) is 10.2. The van der Waals surface area contributed by atoms with Crippen LogP contribution in [0.1, 0.15) is 0 Å². The van der Waals surface area contributed by atoms with Gasteiger partial charge in [-0.15, -0.1) is 0 Å². The fourth-order valence-electron chi connectivity index (χ4n) is 0.915. The molecule has 0 aliphatic carbocycles. The van der Waals surface area contributed by atoms with Gasteiger partial charge in [-0.25, -0.2) is 0 Å². The molecule has 0 bridgehead atoms. The van der Waals surface area contributed by atoms with Crippen LogP contribution >= 0.6 is 8.92 Å². The van der Waals surface area contributed by atoms with Crippen LogP contribution in [0.25, 0.3) is 0 Å². The van der Waals surface area contributed by atoms with Crippen LogP contribution in [0.15, 0.2) is 0 Å². The Balaban J connectivity index is 5.71. The zero-order chi connectivity index (χ0) is 16.2. The van der Waals surface area contributed by atoms with Gasteiger partial charge in [-0.1, -0.05) is 0 Å². The van der Waals surface area contributed by atoms with Gasteiger partial charge in [0.2, 0.25) is 0 Å². The van der Waals surface area contributed by atoms with E-state index in [1.165, 1.54) is 0 Å². The fraction of sp³-hybridized carbons (Fsp3) is 0.600. The standard InChI is InChI=1S/3C5H9Si.ClH.Sn/c3*1-5-6(2,3)4;;/h3*2-4H3;1H;/q;;;;+1/p-1. The van der Waals surface area contributed by atoms with Gasteiger partial charge in [0.1, 0.15) is 0 Å². The van der Waals surface area contributed by atoms with Crippen molar-refractivity contribution >= 4 is 50.4 Å². The van der Waals surface area contributed by atoms with Crippen molar-refractivity contribution in [2.24, 2.45) is 0 Å². The first-order chi connectivity index (χ1) is 8.62. The van der Waals surface area contributed by atoms with Gasteiger partial charge in [0.25, 0.3) is 0 Å². The minimum atomic E-state index is -3.41. The van der Waals surface area contributed by atoms with Crippen LogP contribution in [0.5, 0.6) is 0 Å². The summed E-state index contributed by atoms with van der Waals surface area (Å²) < 4.78 is 10.1. The van der Waals surface area contributed by atoms with Crippen molar-refractivity contribution in [2.75, 3.05) is 0 Å². The normalized spacial score (nSPS) is 12.3. The maximum atomic E-state index is 6.81. The monoisotopic (exact) mass is 446 g/mol. The molecule has 0 nitrogen and oxygen atoms in total. The van der Waals surface area contributed by atoms with E-state index in [-0.39, 0.29) is 0 Å². The average Bonchev–Trinajstić information content (AvgIpc) is 2.18. The van der Waals surface area contributed by atoms with Gasteiger partial charge in [-0.2, -0.15) is 0 Å². The molecule has 0 aromatic rings. The minimum absolute atomic E-state index is 1.42. The summed E-state index contributed by atoms with van der Waals surface area (Å²) in [6.07, 6.45) is 0. The van der Waals surface area contributed by atoms with E-state index in [4.69, 9.17) is 8.92 Å². The third kappa shape index (κ3) is 12.2. The Labute approximate surface area is 137 Å². The number of hydrogen-bond acceptors (Lipinski definition) is 0.